The minimum atomic E-state index is -3.85. The highest BCUT2D eigenvalue weighted by Gasteiger charge is 2.26. The third kappa shape index (κ3) is 3.54. The Labute approximate surface area is 162 Å². The lowest BCUT2D eigenvalue weighted by atomic mass is 10.1. The Hall–Kier alpha value is -3.03. The largest absolute Gasteiger partial charge is 0.336 e. The molecule has 1 unspecified atom stereocenters. The average molecular weight is 395 g/mol. The quantitative estimate of drug-likeness (QED) is 0.559. The zero-order chi connectivity index (χ0) is 19.7. The number of imidazole rings is 1. The van der Waals surface area contributed by atoms with Gasteiger partial charge in [-0.2, -0.15) is 4.72 Å². The molecular weight excluding hydrogens is 377 g/mol. The molecule has 0 aliphatic heterocycles. The Kier molecular flexibility index (Phi) is 4.70. The first-order valence-electron chi connectivity index (χ1n) is 8.68. The number of aryl methyl sites for hydroxylation is 1. The topological polar surface area (TPSA) is 64.0 Å². The van der Waals surface area contributed by atoms with Gasteiger partial charge in [0.15, 0.2) is 0 Å². The lowest BCUT2D eigenvalue weighted by molar-refractivity contribution is 0.562. The summed E-state index contributed by atoms with van der Waals surface area (Å²) in [6, 6.07) is 17.5. The van der Waals surface area contributed by atoms with Crippen molar-refractivity contribution < 1.29 is 12.8 Å². The predicted octanol–water partition coefficient (Wildman–Crippen LogP) is 3.78. The van der Waals surface area contributed by atoms with E-state index in [2.05, 4.69) is 9.71 Å². The van der Waals surface area contributed by atoms with Crippen LogP contribution in [0.4, 0.5) is 4.39 Å². The molecule has 28 heavy (non-hydrogen) atoms. The van der Waals surface area contributed by atoms with Crippen LogP contribution in [0.2, 0.25) is 0 Å². The van der Waals surface area contributed by atoms with E-state index >= 15 is 0 Å². The lowest BCUT2D eigenvalue weighted by Gasteiger charge is -2.19. The molecule has 0 bridgehead atoms. The normalized spacial score (nSPS) is 12.9. The van der Waals surface area contributed by atoms with E-state index in [1.54, 1.807) is 54.3 Å². The number of nitrogens with one attached hydrogen (secondary N) is 1. The fourth-order valence-corrected chi connectivity index (χ4v) is 4.36. The number of hydrogen-bond acceptors (Lipinski definition) is 3. The molecule has 0 amide bonds. The number of nitrogens with zero attached hydrogens (tertiary/aromatic N) is 2. The monoisotopic (exact) mass is 395 g/mol. The molecular formula is C21H18FN3O2S. The minimum Gasteiger partial charge on any atom is -0.336 e. The SMILES string of the molecule is Cn1ccnc1C(NS(=O)(=O)c1ccc2ccccc2c1)c1ccc(F)cc1. The molecule has 4 aromatic rings. The van der Waals surface area contributed by atoms with E-state index in [1.807, 2.05) is 24.3 Å². The zero-order valence-corrected chi connectivity index (χ0v) is 15.9. The van der Waals surface area contributed by atoms with Gasteiger partial charge in [0, 0.05) is 19.4 Å². The van der Waals surface area contributed by atoms with Crippen LogP contribution in [-0.2, 0) is 17.1 Å². The highest BCUT2D eigenvalue weighted by Crippen LogP contribution is 2.25. The minimum absolute atomic E-state index is 0.160. The molecule has 1 aromatic heterocycles. The van der Waals surface area contributed by atoms with E-state index < -0.39 is 16.1 Å². The fourth-order valence-electron chi connectivity index (χ4n) is 3.14. The first-order chi connectivity index (χ1) is 13.4. The molecule has 5 nitrogen and oxygen atoms in total. The molecule has 142 valence electrons. The Morgan fingerprint density at radius 2 is 1.71 bits per heavy atom. The molecule has 1 atom stereocenters. The number of hydrogen-bond donors (Lipinski definition) is 1. The molecule has 4 rings (SSSR count). The van der Waals surface area contributed by atoms with Gasteiger partial charge >= 0.3 is 0 Å². The van der Waals surface area contributed by atoms with Crippen LogP contribution >= 0.6 is 0 Å². The van der Waals surface area contributed by atoms with E-state index in [-0.39, 0.29) is 10.7 Å². The number of benzene rings is 3. The van der Waals surface area contributed by atoms with Gasteiger partial charge in [0.2, 0.25) is 10.0 Å². The number of aromatic nitrogens is 2. The first kappa shape index (κ1) is 18.3. The van der Waals surface area contributed by atoms with Gasteiger partial charge in [-0.3, -0.25) is 0 Å². The van der Waals surface area contributed by atoms with Crippen molar-refractivity contribution in [2.24, 2.45) is 7.05 Å². The maximum atomic E-state index is 13.4. The van der Waals surface area contributed by atoms with Crippen molar-refractivity contribution in [2.75, 3.05) is 0 Å². The molecule has 0 saturated heterocycles. The first-order valence-corrected chi connectivity index (χ1v) is 10.2. The Bertz CT molecular complexity index is 1230. The summed E-state index contributed by atoms with van der Waals surface area (Å²) in [5, 5.41) is 1.79. The van der Waals surface area contributed by atoms with Crippen molar-refractivity contribution in [1.82, 2.24) is 14.3 Å². The number of rotatable bonds is 5. The standard InChI is InChI=1S/C21H18FN3O2S/c1-25-13-12-23-21(25)20(16-6-9-18(22)10-7-16)24-28(26,27)19-11-8-15-4-2-3-5-17(15)14-19/h2-14,20,24H,1H3. The molecule has 0 fully saturated rings. The second kappa shape index (κ2) is 7.18. The van der Waals surface area contributed by atoms with Crippen molar-refractivity contribution in [3.05, 3.63) is 96.3 Å². The van der Waals surface area contributed by atoms with Gasteiger partial charge in [-0.1, -0.05) is 42.5 Å². The van der Waals surface area contributed by atoms with Gasteiger partial charge < -0.3 is 4.57 Å². The molecule has 0 spiro atoms. The zero-order valence-electron chi connectivity index (χ0n) is 15.1. The molecule has 0 aliphatic carbocycles. The maximum Gasteiger partial charge on any atom is 0.241 e. The summed E-state index contributed by atoms with van der Waals surface area (Å²) < 4.78 is 44.0. The van der Waals surface area contributed by atoms with Gasteiger partial charge in [0.05, 0.1) is 4.90 Å². The summed E-state index contributed by atoms with van der Waals surface area (Å²) >= 11 is 0. The highest BCUT2D eigenvalue weighted by molar-refractivity contribution is 7.89. The molecule has 0 aliphatic rings. The number of fused-ring (bicyclic) bond motifs is 1. The van der Waals surface area contributed by atoms with Crippen LogP contribution in [-0.4, -0.2) is 18.0 Å². The van der Waals surface area contributed by atoms with Gasteiger partial charge in [-0.15, -0.1) is 0 Å². The fraction of sp³-hybridized carbons (Fsp3) is 0.0952. The van der Waals surface area contributed by atoms with Crippen LogP contribution < -0.4 is 4.72 Å². The van der Waals surface area contributed by atoms with E-state index in [0.717, 1.165) is 10.8 Å². The lowest BCUT2D eigenvalue weighted by Crippen LogP contribution is -2.31. The maximum absolute atomic E-state index is 13.4. The summed E-state index contributed by atoms with van der Waals surface area (Å²) in [4.78, 5) is 4.44. The summed E-state index contributed by atoms with van der Waals surface area (Å²) in [6.45, 7) is 0. The highest BCUT2D eigenvalue weighted by atomic mass is 32.2. The van der Waals surface area contributed by atoms with Gasteiger partial charge in [-0.25, -0.2) is 17.8 Å². The van der Waals surface area contributed by atoms with Crippen LogP contribution in [0.3, 0.4) is 0 Å². The summed E-state index contributed by atoms with van der Waals surface area (Å²) in [7, 11) is -2.07. The summed E-state index contributed by atoms with van der Waals surface area (Å²) in [5.74, 6) is 0.121. The number of halogens is 1. The molecule has 1 N–H and O–H groups in total. The number of sulfonamides is 1. The second-order valence-electron chi connectivity index (χ2n) is 6.51. The van der Waals surface area contributed by atoms with Crippen molar-refractivity contribution in [1.29, 1.82) is 0 Å². The molecule has 7 heteroatoms. The van der Waals surface area contributed by atoms with Crippen molar-refractivity contribution in [3.63, 3.8) is 0 Å². The molecule has 0 saturated carbocycles. The van der Waals surface area contributed by atoms with Gasteiger partial charge in [0.25, 0.3) is 0 Å². The van der Waals surface area contributed by atoms with Crippen LogP contribution in [0.1, 0.15) is 17.4 Å². The van der Waals surface area contributed by atoms with Crippen LogP contribution in [0, 0.1) is 5.82 Å². The Morgan fingerprint density at radius 3 is 2.39 bits per heavy atom. The van der Waals surface area contributed by atoms with Crippen molar-refractivity contribution >= 4 is 20.8 Å². The van der Waals surface area contributed by atoms with Gasteiger partial charge in [-0.05, 0) is 40.6 Å². The van der Waals surface area contributed by atoms with Crippen molar-refractivity contribution in [3.8, 4) is 0 Å². The van der Waals surface area contributed by atoms with Crippen LogP contribution in [0.5, 0.6) is 0 Å². The average Bonchev–Trinajstić information content (AvgIpc) is 3.12. The van der Waals surface area contributed by atoms with Gasteiger partial charge in [0.1, 0.15) is 17.7 Å². The van der Waals surface area contributed by atoms with E-state index in [4.69, 9.17) is 0 Å². The third-order valence-electron chi connectivity index (χ3n) is 4.62. The van der Waals surface area contributed by atoms with Crippen LogP contribution in [0.25, 0.3) is 10.8 Å². The Morgan fingerprint density at radius 1 is 1.00 bits per heavy atom. The summed E-state index contributed by atoms with van der Waals surface area (Å²) in [6.07, 6.45) is 3.33. The van der Waals surface area contributed by atoms with Crippen molar-refractivity contribution in [2.45, 2.75) is 10.9 Å². The Balaban J connectivity index is 1.76. The van der Waals surface area contributed by atoms with E-state index in [0.29, 0.717) is 11.4 Å². The smallest absolute Gasteiger partial charge is 0.241 e. The van der Waals surface area contributed by atoms with Crippen LogP contribution in [0.15, 0.2) is 84.0 Å². The second-order valence-corrected chi connectivity index (χ2v) is 8.23. The molecule has 0 radical (unpaired) electrons. The molecule has 1 heterocycles. The van der Waals surface area contributed by atoms with E-state index in [1.165, 1.54) is 12.1 Å². The predicted molar refractivity (Wildman–Crippen MR) is 106 cm³/mol. The molecule has 3 aromatic carbocycles. The van der Waals surface area contributed by atoms with E-state index in [9.17, 15) is 12.8 Å². The summed E-state index contributed by atoms with van der Waals surface area (Å²) in [5.41, 5.74) is 0.597. The third-order valence-corrected chi connectivity index (χ3v) is 6.04.